The van der Waals surface area contributed by atoms with E-state index in [0.717, 1.165) is 6.54 Å². The monoisotopic (exact) mass is 455 g/mol. The number of benzene rings is 2. The lowest BCUT2D eigenvalue weighted by Gasteiger charge is -2.29. The number of fused-ring (bicyclic) bond motifs is 1. The van der Waals surface area contributed by atoms with Crippen LogP contribution in [-0.4, -0.2) is 60.8 Å². The predicted molar refractivity (Wildman–Crippen MR) is 120 cm³/mol. The van der Waals surface area contributed by atoms with Crippen LogP contribution in [0, 0.1) is 5.82 Å². The lowest BCUT2D eigenvalue weighted by Crippen LogP contribution is -2.52. The van der Waals surface area contributed by atoms with Gasteiger partial charge < -0.3 is 19.9 Å². The van der Waals surface area contributed by atoms with Gasteiger partial charge in [0.15, 0.2) is 0 Å². The summed E-state index contributed by atoms with van der Waals surface area (Å²) in [5.74, 6) is -1.51. The van der Waals surface area contributed by atoms with Gasteiger partial charge in [-0.1, -0.05) is 6.07 Å². The van der Waals surface area contributed by atoms with Crippen molar-refractivity contribution in [3.8, 4) is 5.75 Å². The molecule has 0 bridgehead atoms. The number of likely N-dealkylation sites (N-methyl/N-ethyl adjacent to an activating group) is 1. The van der Waals surface area contributed by atoms with E-state index in [-0.39, 0.29) is 31.7 Å². The summed E-state index contributed by atoms with van der Waals surface area (Å²) in [4.78, 5) is 40.1. The first kappa shape index (κ1) is 21.4. The minimum atomic E-state index is -1.86. The van der Waals surface area contributed by atoms with Crippen LogP contribution in [0.25, 0.3) is 0 Å². The Hall–Kier alpha value is -3.46. The van der Waals surface area contributed by atoms with Gasteiger partial charge >= 0.3 is 0 Å². The second-order valence-corrected chi connectivity index (χ2v) is 8.31. The molecule has 0 spiro atoms. The van der Waals surface area contributed by atoms with Crippen molar-refractivity contribution in [3.63, 3.8) is 0 Å². The van der Waals surface area contributed by atoms with Gasteiger partial charge in [0.25, 0.3) is 5.91 Å². The molecule has 1 atom stereocenters. The standard InChI is InChI=1S/C24H27FN4O4/c1-28(2)10-11-33-16-6-7-19(25)15(12-16)13-26-20-5-3-4-17-18(20)14-29(24(17)32)21-8-9-22(30)27-23(21)31/h3-7,12,21,26H,8-11,13-14H2,1-2H3,(H,27,30,31)/i21D. The number of hydrogen-bond acceptors (Lipinski definition) is 6. The molecule has 2 aliphatic heterocycles. The number of piperidine rings is 1. The summed E-state index contributed by atoms with van der Waals surface area (Å²) < 4.78 is 28.7. The van der Waals surface area contributed by atoms with Gasteiger partial charge in [0.1, 0.15) is 24.2 Å². The van der Waals surface area contributed by atoms with Crippen molar-refractivity contribution >= 4 is 23.4 Å². The molecule has 0 radical (unpaired) electrons. The number of anilines is 1. The Balaban J connectivity index is 1.49. The largest absolute Gasteiger partial charge is 0.492 e. The number of carbonyl (C=O) groups excluding carboxylic acids is 3. The van der Waals surface area contributed by atoms with Crippen LogP contribution in [0.5, 0.6) is 5.75 Å². The van der Waals surface area contributed by atoms with Gasteiger partial charge in [0.05, 0.1) is 1.37 Å². The molecule has 3 amide bonds. The van der Waals surface area contributed by atoms with Crippen LogP contribution in [0.1, 0.15) is 35.7 Å². The minimum Gasteiger partial charge on any atom is -0.492 e. The second kappa shape index (κ2) is 9.58. The molecular weight excluding hydrogens is 427 g/mol. The maximum atomic E-state index is 14.4. The molecule has 8 nitrogen and oxygen atoms in total. The first-order valence-electron chi connectivity index (χ1n) is 11.3. The molecule has 2 aromatic carbocycles. The second-order valence-electron chi connectivity index (χ2n) is 8.31. The van der Waals surface area contributed by atoms with Crippen LogP contribution in [0.4, 0.5) is 10.1 Å². The van der Waals surface area contributed by atoms with E-state index >= 15 is 0 Å². The zero-order chi connectivity index (χ0) is 24.5. The highest BCUT2D eigenvalue weighted by Crippen LogP contribution is 2.32. The molecule has 2 aliphatic rings. The zero-order valence-electron chi connectivity index (χ0n) is 19.6. The van der Waals surface area contributed by atoms with E-state index < -0.39 is 23.7 Å². The quantitative estimate of drug-likeness (QED) is 0.593. The lowest BCUT2D eigenvalue weighted by molar-refractivity contribution is -0.136. The number of nitrogens with zero attached hydrogens (tertiary/aromatic N) is 2. The average molecular weight is 456 g/mol. The van der Waals surface area contributed by atoms with Gasteiger partial charge in [-0.05, 0) is 50.8 Å². The third-order valence-electron chi connectivity index (χ3n) is 5.69. The van der Waals surface area contributed by atoms with Gasteiger partial charge in [-0.25, -0.2) is 4.39 Å². The third-order valence-corrected chi connectivity index (χ3v) is 5.69. The molecule has 2 aromatic rings. The summed E-state index contributed by atoms with van der Waals surface area (Å²) >= 11 is 0. The van der Waals surface area contributed by atoms with Gasteiger partial charge in [-0.15, -0.1) is 0 Å². The molecule has 174 valence electrons. The Bertz CT molecular complexity index is 1140. The third kappa shape index (κ3) is 4.98. The molecule has 2 N–H and O–H groups in total. The van der Waals surface area contributed by atoms with Gasteiger partial charge in [-0.2, -0.15) is 0 Å². The normalized spacial score (nSPS) is 20.5. The highest BCUT2D eigenvalue weighted by atomic mass is 19.1. The van der Waals surface area contributed by atoms with Crippen LogP contribution in [0.3, 0.4) is 0 Å². The maximum absolute atomic E-state index is 14.4. The van der Waals surface area contributed by atoms with Crippen LogP contribution in [0.2, 0.25) is 0 Å². The summed E-state index contributed by atoms with van der Waals surface area (Å²) in [6.07, 6.45) is -0.0707. The fraction of sp³-hybridized carbons (Fsp3) is 0.375. The van der Waals surface area contributed by atoms with Crippen molar-refractivity contribution in [2.24, 2.45) is 0 Å². The van der Waals surface area contributed by atoms with Crippen molar-refractivity contribution in [1.82, 2.24) is 15.1 Å². The molecule has 0 aliphatic carbocycles. The van der Waals surface area contributed by atoms with E-state index in [1.807, 2.05) is 19.0 Å². The Morgan fingerprint density at radius 2 is 2.09 bits per heavy atom. The number of nitrogens with one attached hydrogen (secondary N) is 2. The van der Waals surface area contributed by atoms with Gasteiger partial charge in [0.2, 0.25) is 11.8 Å². The topological polar surface area (TPSA) is 91.0 Å². The molecular formula is C24H27FN4O4. The van der Waals surface area contributed by atoms with E-state index in [9.17, 15) is 18.8 Å². The van der Waals surface area contributed by atoms with Crippen LogP contribution in [0.15, 0.2) is 36.4 Å². The van der Waals surface area contributed by atoms with Crippen molar-refractivity contribution in [3.05, 3.63) is 58.9 Å². The molecule has 0 saturated carbocycles. The van der Waals surface area contributed by atoms with Gasteiger partial charge in [0, 0.05) is 48.4 Å². The number of rotatable bonds is 8. The highest BCUT2D eigenvalue weighted by molar-refractivity contribution is 6.06. The Morgan fingerprint density at radius 1 is 1.27 bits per heavy atom. The molecule has 1 saturated heterocycles. The molecule has 0 aromatic heterocycles. The Kier molecular flexibility index (Phi) is 6.21. The summed E-state index contributed by atoms with van der Waals surface area (Å²) in [7, 11) is 3.88. The number of amides is 3. The van der Waals surface area contributed by atoms with E-state index in [0.29, 0.717) is 34.7 Å². The number of halogens is 1. The molecule has 9 heteroatoms. The van der Waals surface area contributed by atoms with Crippen LogP contribution in [-0.2, 0) is 22.7 Å². The smallest absolute Gasteiger partial charge is 0.255 e. The summed E-state index contributed by atoms with van der Waals surface area (Å²) in [6.45, 7) is 1.40. The zero-order valence-corrected chi connectivity index (χ0v) is 18.6. The number of carbonyl (C=O) groups is 3. The minimum absolute atomic E-state index is 0.00724. The highest BCUT2D eigenvalue weighted by Gasteiger charge is 2.39. The van der Waals surface area contributed by atoms with Crippen molar-refractivity contribution < 1.29 is 24.9 Å². The first-order valence-corrected chi connectivity index (χ1v) is 10.8. The average Bonchev–Trinajstić information content (AvgIpc) is 3.14. The Labute approximate surface area is 193 Å². The predicted octanol–water partition coefficient (Wildman–Crippen LogP) is 2.14. The number of imide groups is 1. The van der Waals surface area contributed by atoms with Crippen molar-refractivity contribution in [2.75, 3.05) is 32.6 Å². The fourth-order valence-corrected chi connectivity index (χ4v) is 3.89. The van der Waals surface area contributed by atoms with Crippen molar-refractivity contribution in [1.29, 1.82) is 0 Å². The van der Waals surface area contributed by atoms with Crippen molar-refractivity contribution in [2.45, 2.75) is 31.9 Å². The van der Waals surface area contributed by atoms with Gasteiger partial charge in [-0.3, -0.25) is 19.7 Å². The molecule has 4 rings (SSSR count). The molecule has 1 fully saturated rings. The molecule has 1 unspecified atom stereocenters. The van der Waals surface area contributed by atoms with E-state index in [1.165, 1.54) is 11.0 Å². The summed E-state index contributed by atoms with van der Waals surface area (Å²) in [6, 6.07) is 7.82. The van der Waals surface area contributed by atoms with E-state index in [4.69, 9.17) is 6.11 Å². The SMILES string of the molecule is [2H]C1(N2Cc3c(NCc4cc(OCCN(C)C)ccc4F)cccc3C2=O)CCC(=O)NC1=O. The van der Waals surface area contributed by atoms with E-state index in [1.54, 1.807) is 30.3 Å². The molecule has 2 heterocycles. The summed E-state index contributed by atoms with van der Waals surface area (Å²) in [5, 5.41) is 5.34. The maximum Gasteiger partial charge on any atom is 0.255 e. The fourth-order valence-electron chi connectivity index (χ4n) is 3.89. The molecule has 33 heavy (non-hydrogen) atoms. The van der Waals surface area contributed by atoms with E-state index in [2.05, 4.69) is 10.6 Å². The Morgan fingerprint density at radius 3 is 2.85 bits per heavy atom. The lowest BCUT2D eigenvalue weighted by atomic mass is 10.0. The number of hydrogen-bond donors (Lipinski definition) is 2. The van der Waals surface area contributed by atoms with Crippen LogP contribution >= 0.6 is 0 Å². The first-order chi connectivity index (χ1) is 16.2. The summed E-state index contributed by atoms with van der Waals surface area (Å²) in [5.41, 5.74) is 2.02. The number of ether oxygens (including phenoxy) is 1. The van der Waals surface area contributed by atoms with Crippen LogP contribution < -0.4 is 15.4 Å².